The van der Waals surface area contributed by atoms with E-state index in [4.69, 9.17) is 0 Å². The highest BCUT2D eigenvalue weighted by Gasteiger charge is 2.34. The fraction of sp³-hybridized carbons (Fsp3) is 0.133. The minimum Gasteiger partial charge on any atom is -0.268 e. The molecule has 1 amide bonds. The molecule has 1 aliphatic heterocycles. The first-order valence-corrected chi connectivity index (χ1v) is 7.16. The summed E-state index contributed by atoms with van der Waals surface area (Å²) in [6, 6.07) is 15.1. The molecule has 0 radical (unpaired) electrons. The van der Waals surface area contributed by atoms with Crippen LogP contribution < -0.4 is 0 Å². The zero-order chi connectivity index (χ0) is 13.4. The fourth-order valence-electron chi connectivity index (χ4n) is 2.16. The number of amides is 1. The van der Waals surface area contributed by atoms with Crippen molar-refractivity contribution < 1.29 is 9.00 Å². The Labute approximate surface area is 114 Å². The Hall–Kier alpha value is -1.94. The molecule has 96 valence electrons. The summed E-state index contributed by atoms with van der Waals surface area (Å²) in [5, 5.41) is 0. The Morgan fingerprint density at radius 1 is 1.11 bits per heavy atom. The van der Waals surface area contributed by atoms with Gasteiger partial charge < -0.3 is 0 Å². The maximum atomic E-state index is 12.4. The van der Waals surface area contributed by atoms with E-state index < -0.39 is 11.0 Å². The lowest BCUT2D eigenvalue weighted by Crippen LogP contribution is -2.25. The zero-order valence-electron chi connectivity index (χ0n) is 10.5. The van der Waals surface area contributed by atoms with E-state index in [0.717, 1.165) is 11.1 Å². The SMILES string of the molecule is Cc1ccc2c(c1)S(=O)N(Cc1ccccc1)C2=O. The van der Waals surface area contributed by atoms with E-state index in [0.29, 0.717) is 17.0 Å². The van der Waals surface area contributed by atoms with Crippen LogP contribution in [0.25, 0.3) is 0 Å². The monoisotopic (exact) mass is 271 g/mol. The smallest absolute Gasteiger partial charge is 0.267 e. The summed E-state index contributed by atoms with van der Waals surface area (Å²) < 4.78 is 13.8. The van der Waals surface area contributed by atoms with Gasteiger partial charge in [0.05, 0.1) is 17.0 Å². The van der Waals surface area contributed by atoms with Crippen molar-refractivity contribution in [2.45, 2.75) is 18.4 Å². The zero-order valence-corrected chi connectivity index (χ0v) is 11.3. The maximum absolute atomic E-state index is 12.4. The molecule has 2 aromatic carbocycles. The lowest BCUT2D eigenvalue weighted by molar-refractivity contribution is 0.0869. The first kappa shape index (κ1) is 12.1. The molecule has 1 atom stereocenters. The molecule has 19 heavy (non-hydrogen) atoms. The van der Waals surface area contributed by atoms with Gasteiger partial charge in [0.1, 0.15) is 0 Å². The summed E-state index contributed by atoms with van der Waals surface area (Å²) in [7, 11) is -1.39. The van der Waals surface area contributed by atoms with Crippen LogP contribution in [0.4, 0.5) is 0 Å². The van der Waals surface area contributed by atoms with Crippen LogP contribution in [0.15, 0.2) is 53.4 Å². The van der Waals surface area contributed by atoms with E-state index in [2.05, 4.69) is 0 Å². The number of benzene rings is 2. The summed E-state index contributed by atoms with van der Waals surface area (Å²) >= 11 is 0. The largest absolute Gasteiger partial charge is 0.268 e. The Kier molecular flexibility index (Phi) is 2.95. The average Bonchev–Trinajstić information content (AvgIpc) is 2.65. The Balaban J connectivity index is 1.95. The van der Waals surface area contributed by atoms with E-state index in [9.17, 15) is 9.00 Å². The molecule has 0 fully saturated rings. The number of carbonyl (C=O) groups excluding carboxylic acids is 1. The minimum absolute atomic E-state index is 0.155. The van der Waals surface area contributed by atoms with Crippen molar-refractivity contribution in [2.75, 3.05) is 0 Å². The van der Waals surface area contributed by atoms with Crippen molar-refractivity contribution in [3.63, 3.8) is 0 Å². The average molecular weight is 271 g/mol. The maximum Gasteiger partial charge on any atom is 0.267 e. The van der Waals surface area contributed by atoms with Gasteiger partial charge in [-0.3, -0.25) is 4.79 Å². The molecule has 3 nitrogen and oxygen atoms in total. The van der Waals surface area contributed by atoms with Crippen LogP contribution in [-0.2, 0) is 17.5 Å². The molecular formula is C15H13NO2S. The lowest BCUT2D eigenvalue weighted by atomic mass is 10.1. The molecular weight excluding hydrogens is 258 g/mol. The molecule has 1 aliphatic rings. The minimum atomic E-state index is -1.39. The van der Waals surface area contributed by atoms with Crippen molar-refractivity contribution >= 4 is 16.9 Å². The molecule has 0 aromatic heterocycles. The number of rotatable bonds is 2. The second kappa shape index (κ2) is 4.63. The summed E-state index contributed by atoms with van der Waals surface area (Å²) in [4.78, 5) is 12.9. The highest BCUT2D eigenvalue weighted by atomic mass is 32.2. The summed E-state index contributed by atoms with van der Waals surface area (Å²) in [6.45, 7) is 2.31. The highest BCUT2D eigenvalue weighted by Crippen LogP contribution is 2.29. The number of nitrogens with zero attached hydrogens (tertiary/aromatic N) is 1. The second-order valence-electron chi connectivity index (χ2n) is 4.58. The molecule has 2 aromatic rings. The van der Waals surface area contributed by atoms with Crippen LogP contribution in [0.5, 0.6) is 0 Å². The third-order valence-electron chi connectivity index (χ3n) is 3.15. The van der Waals surface area contributed by atoms with Gasteiger partial charge in [0, 0.05) is 0 Å². The molecule has 1 heterocycles. The van der Waals surface area contributed by atoms with Crippen LogP contribution in [0, 0.1) is 6.92 Å². The van der Waals surface area contributed by atoms with E-state index in [1.807, 2.05) is 49.4 Å². The van der Waals surface area contributed by atoms with E-state index in [-0.39, 0.29) is 5.91 Å². The third-order valence-corrected chi connectivity index (χ3v) is 4.56. The quantitative estimate of drug-likeness (QED) is 0.842. The molecule has 1 unspecified atom stereocenters. The van der Waals surface area contributed by atoms with Crippen molar-refractivity contribution in [1.29, 1.82) is 0 Å². The highest BCUT2D eigenvalue weighted by molar-refractivity contribution is 7.83. The Morgan fingerprint density at radius 2 is 1.84 bits per heavy atom. The first-order chi connectivity index (χ1) is 9.16. The van der Waals surface area contributed by atoms with Crippen molar-refractivity contribution in [3.05, 3.63) is 65.2 Å². The lowest BCUT2D eigenvalue weighted by Gasteiger charge is -2.13. The van der Waals surface area contributed by atoms with Crippen LogP contribution in [0.3, 0.4) is 0 Å². The molecule has 0 bridgehead atoms. The Morgan fingerprint density at radius 3 is 2.58 bits per heavy atom. The topological polar surface area (TPSA) is 37.4 Å². The van der Waals surface area contributed by atoms with Gasteiger partial charge in [-0.15, -0.1) is 0 Å². The molecule has 0 saturated heterocycles. The molecule has 0 N–H and O–H groups in total. The number of fused-ring (bicyclic) bond motifs is 1. The molecule has 0 aliphatic carbocycles. The van der Waals surface area contributed by atoms with Gasteiger partial charge in [0.15, 0.2) is 11.0 Å². The fourth-order valence-corrected chi connectivity index (χ4v) is 3.54. The van der Waals surface area contributed by atoms with Crippen molar-refractivity contribution in [1.82, 2.24) is 4.31 Å². The first-order valence-electron chi connectivity index (χ1n) is 6.05. The molecule has 4 heteroatoms. The summed E-state index contributed by atoms with van der Waals surface area (Å²) in [5.74, 6) is -0.155. The van der Waals surface area contributed by atoms with Gasteiger partial charge in [-0.25, -0.2) is 8.51 Å². The Bertz CT molecular complexity index is 667. The number of aryl methyl sites for hydroxylation is 1. The van der Waals surface area contributed by atoms with E-state index in [1.54, 1.807) is 6.07 Å². The number of hydrogen-bond donors (Lipinski definition) is 0. The molecule has 0 spiro atoms. The van der Waals surface area contributed by atoms with Crippen molar-refractivity contribution in [2.24, 2.45) is 0 Å². The third kappa shape index (κ3) is 2.08. The van der Waals surface area contributed by atoms with Gasteiger partial charge in [0.2, 0.25) is 0 Å². The van der Waals surface area contributed by atoms with Crippen LogP contribution in [0.2, 0.25) is 0 Å². The van der Waals surface area contributed by atoms with Gasteiger partial charge in [0.25, 0.3) is 5.91 Å². The van der Waals surface area contributed by atoms with Gasteiger partial charge >= 0.3 is 0 Å². The van der Waals surface area contributed by atoms with Crippen LogP contribution >= 0.6 is 0 Å². The summed E-state index contributed by atoms with van der Waals surface area (Å²) in [6.07, 6.45) is 0. The van der Waals surface area contributed by atoms with Gasteiger partial charge in [-0.1, -0.05) is 36.4 Å². The van der Waals surface area contributed by atoms with Gasteiger partial charge in [-0.2, -0.15) is 0 Å². The number of hydrogen-bond acceptors (Lipinski definition) is 2. The number of carbonyl (C=O) groups is 1. The van der Waals surface area contributed by atoms with Crippen molar-refractivity contribution in [3.8, 4) is 0 Å². The van der Waals surface area contributed by atoms with E-state index >= 15 is 0 Å². The van der Waals surface area contributed by atoms with Crippen LogP contribution in [0.1, 0.15) is 21.5 Å². The molecule has 0 saturated carbocycles. The summed E-state index contributed by atoms with van der Waals surface area (Å²) in [5.41, 5.74) is 2.55. The molecule has 3 rings (SSSR count). The predicted octanol–water partition coefficient (Wildman–Crippen LogP) is 2.67. The predicted molar refractivity (Wildman–Crippen MR) is 73.9 cm³/mol. The second-order valence-corrected chi connectivity index (χ2v) is 5.96. The van der Waals surface area contributed by atoms with Gasteiger partial charge in [-0.05, 0) is 30.2 Å². The van der Waals surface area contributed by atoms with E-state index in [1.165, 1.54) is 4.31 Å². The standard InChI is InChI=1S/C15H13NO2S/c1-11-7-8-13-14(9-11)19(18)16(15(13)17)10-12-5-3-2-4-6-12/h2-9H,10H2,1H3. The normalized spacial score (nSPS) is 17.6. The van der Waals surface area contributed by atoms with Crippen LogP contribution in [-0.4, -0.2) is 14.4 Å².